The molecule has 1 aliphatic carbocycles. The molecule has 22 heavy (non-hydrogen) atoms. The van der Waals surface area contributed by atoms with Crippen LogP contribution in [-0.4, -0.2) is 36.5 Å². The first-order chi connectivity index (χ1) is 10.7. The zero-order valence-corrected chi connectivity index (χ0v) is 12.7. The van der Waals surface area contributed by atoms with Gasteiger partial charge in [0, 0.05) is 0 Å². The Hall–Kier alpha value is -2.44. The van der Waals surface area contributed by atoms with Crippen LogP contribution in [0.2, 0.25) is 0 Å². The zero-order valence-electron chi connectivity index (χ0n) is 12.7. The number of nitrogens with zero attached hydrogens (tertiary/aromatic N) is 1. The molecule has 0 fully saturated rings. The number of hydrazine groups is 1. The van der Waals surface area contributed by atoms with Gasteiger partial charge >= 0.3 is 12.2 Å². The van der Waals surface area contributed by atoms with E-state index in [-0.39, 0.29) is 25.2 Å². The summed E-state index contributed by atoms with van der Waals surface area (Å²) in [5, 5.41) is 1.18. The second-order valence-electron chi connectivity index (χ2n) is 4.67. The van der Waals surface area contributed by atoms with E-state index in [1.165, 1.54) is 5.01 Å². The molecule has 0 radical (unpaired) electrons. The maximum atomic E-state index is 12.2. The van der Waals surface area contributed by atoms with Crippen LogP contribution in [0.15, 0.2) is 35.0 Å². The number of ether oxygens (including phenoxy) is 2. The van der Waals surface area contributed by atoms with Crippen molar-refractivity contribution in [2.45, 2.75) is 32.2 Å². The predicted molar refractivity (Wildman–Crippen MR) is 78.0 cm³/mol. The molecule has 1 aromatic rings. The van der Waals surface area contributed by atoms with Gasteiger partial charge in [0.25, 0.3) is 0 Å². The van der Waals surface area contributed by atoms with Crippen molar-refractivity contribution in [2.75, 3.05) is 13.2 Å². The van der Waals surface area contributed by atoms with Gasteiger partial charge in [-0.15, -0.1) is 0 Å². The summed E-state index contributed by atoms with van der Waals surface area (Å²) in [5.74, 6) is 0.569. The molecule has 2 rings (SSSR count). The van der Waals surface area contributed by atoms with E-state index in [4.69, 9.17) is 13.9 Å². The van der Waals surface area contributed by atoms with Crippen molar-refractivity contribution in [3.05, 3.63) is 36.3 Å². The Morgan fingerprint density at radius 1 is 1.36 bits per heavy atom. The zero-order chi connectivity index (χ0) is 15.9. The first-order valence-corrected chi connectivity index (χ1v) is 7.26. The van der Waals surface area contributed by atoms with Crippen LogP contribution in [0.4, 0.5) is 9.59 Å². The SMILES string of the molecule is CCOC(=O)NN(C(=O)OCC)[C@H]1CC=C[C@@H]1c1ccco1. The van der Waals surface area contributed by atoms with Gasteiger partial charge in [0.05, 0.1) is 31.4 Å². The maximum Gasteiger partial charge on any atom is 0.429 e. The van der Waals surface area contributed by atoms with Gasteiger partial charge in [-0.05, 0) is 32.4 Å². The van der Waals surface area contributed by atoms with Crippen molar-refractivity contribution in [1.82, 2.24) is 10.4 Å². The van der Waals surface area contributed by atoms with Crippen LogP contribution in [0.1, 0.15) is 31.9 Å². The molecule has 0 saturated heterocycles. The summed E-state index contributed by atoms with van der Waals surface area (Å²) in [6.07, 6.45) is 4.73. The third-order valence-electron chi connectivity index (χ3n) is 3.29. The third kappa shape index (κ3) is 3.60. The van der Waals surface area contributed by atoms with Crippen molar-refractivity contribution in [3.8, 4) is 0 Å². The number of furan rings is 1. The molecule has 2 atom stereocenters. The number of amides is 2. The van der Waals surface area contributed by atoms with Crippen LogP contribution < -0.4 is 5.43 Å². The Labute approximate surface area is 128 Å². The van der Waals surface area contributed by atoms with Crippen molar-refractivity contribution in [3.63, 3.8) is 0 Å². The van der Waals surface area contributed by atoms with Gasteiger partial charge in [0.1, 0.15) is 5.76 Å². The Kier molecular flexibility index (Phi) is 5.46. The van der Waals surface area contributed by atoms with Crippen molar-refractivity contribution in [1.29, 1.82) is 0 Å². The normalized spacial score (nSPS) is 19.7. The quantitative estimate of drug-likeness (QED) is 0.683. The van der Waals surface area contributed by atoms with Crippen molar-refractivity contribution >= 4 is 12.2 Å². The third-order valence-corrected chi connectivity index (χ3v) is 3.29. The molecule has 2 amide bonds. The van der Waals surface area contributed by atoms with Crippen LogP contribution in [0.25, 0.3) is 0 Å². The fraction of sp³-hybridized carbons (Fsp3) is 0.467. The summed E-state index contributed by atoms with van der Waals surface area (Å²) in [5.41, 5.74) is 2.45. The average molecular weight is 308 g/mol. The first kappa shape index (κ1) is 15.9. The molecule has 0 saturated carbocycles. The molecule has 7 heteroatoms. The van der Waals surface area contributed by atoms with E-state index in [0.717, 1.165) is 5.76 Å². The number of nitrogens with one attached hydrogen (secondary N) is 1. The summed E-state index contributed by atoms with van der Waals surface area (Å²) in [4.78, 5) is 23.8. The lowest BCUT2D eigenvalue weighted by Gasteiger charge is -2.30. The minimum absolute atomic E-state index is 0.152. The highest BCUT2D eigenvalue weighted by Gasteiger charge is 2.36. The van der Waals surface area contributed by atoms with E-state index in [1.807, 2.05) is 18.2 Å². The minimum Gasteiger partial charge on any atom is -0.469 e. The number of rotatable bonds is 4. The lowest BCUT2D eigenvalue weighted by molar-refractivity contribution is 0.0528. The summed E-state index contributed by atoms with van der Waals surface area (Å²) < 4.78 is 15.3. The molecule has 0 spiro atoms. The Balaban J connectivity index is 2.16. The van der Waals surface area contributed by atoms with Gasteiger partial charge in [0.2, 0.25) is 0 Å². The fourth-order valence-corrected chi connectivity index (χ4v) is 2.39. The van der Waals surface area contributed by atoms with Gasteiger partial charge < -0.3 is 13.9 Å². The fourth-order valence-electron chi connectivity index (χ4n) is 2.39. The highest BCUT2D eigenvalue weighted by atomic mass is 16.6. The molecule has 1 aliphatic rings. The summed E-state index contributed by atoms with van der Waals surface area (Å²) in [6, 6.07) is 3.29. The van der Waals surface area contributed by atoms with Crippen LogP contribution in [0.5, 0.6) is 0 Å². The van der Waals surface area contributed by atoms with Crippen molar-refractivity contribution in [2.24, 2.45) is 0 Å². The lowest BCUT2D eigenvalue weighted by Crippen LogP contribution is -2.53. The lowest BCUT2D eigenvalue weighted by atomic mass is 10.0. The summed E-state index contributed by atoms with van der Waals surface area (Å²) >= 11 is 0. The maximum absolute atomic E-state index is 12.2. The number of hydrogen-bond acceptors (Lipinski definition) is 5. The van der Waals surface area contributed by atoms with E-state index < -0.39 is 12.2 Å². The second-order valence-corrected chi connectivity index (χ2v) is 4.67. The molecule has 1 heterocycles. The van der Waals surface area contributed by atoms with Gasteiger partial charge in [-0.3, -0.25) is 0 Å². The smallest absolute Gasteiger partial charge is 0.429 e. The van der Waals surface area contributed by atoms with Gasteiger partial charge in [-0.2, -0.15) is 0 Å². The minimum atomic E-state index is -0.694. The standard InChI is InChI=1S/C15H20N2O5/c1-3-20-14(18)16-17(15(19)21-4-2)12-8-5-7-11(12)13-9-6-10-22-13/h5-7,9-12H,3-4,8H2,1-2H3,(H,16,18)/t11-,12-/m0/s1. The highest BCUT2D eigenvalue weighted by molar-refractivity contribution is 5.74. The molecule has 120 valence electrons. The predicted octanol–water partition coefficient (Wildman–Crippen LogP) is 2.81. The Morgan fingerprint density at radius 3 is 2.77 bits per heavy atom. The first-order valence-electron chi connectivity index (χ1n) is 7.26. The Bertz CT molecular complexity index is 526. The Morgan fingerprint density at radius 2 is 2.14 bits per heavy atom. The molecule has 1 N–H and O–H groups in total. The number of carbonyl (C=O) groups is 2. The highest BCUT2D eigenvalue weighted by Crippen LogP contribution is 2.32. The molecule has 0 aliphatic heterocycles. The molecule has 1 aromatic heterocycles. The molecule has 7 nitrogen and oxygen atoms in total. The average Bonchev–Trinajstić information content (AvgIpc) is 3.15. The van der Waals surface area contributed by atoms with Crippen LogP contribution in [0.3, 0.4) is 0 Å². The van der Waals surface area contributed by atoms with E-state index in [1.54, 1.807) is 26.2 Å². The summed E-state index contributed by atoms with van der Waals surface area (Å²) in [7, 11) is 0. The van der Waals surface area contributed by atoms with Gasteiger partial charge in [0.15, 0.2) is 0 Å². The molecular weight excluding hydrogens is 288 g/mol. The van der Waals surface area contributed by atoms with E-state index in [9.17, 15) is 9.59 Å². The molecule has 0 bridgehead atoms. The van der Waals surface area contributed by atoms with Crippen molar-refractivity contribution < 1.29 is 23.5 Å². The molecule has 0 unspecified atom stereocenters. The van der Waals surface area contributed by atoms with E-state index in [0.29, 0.717) is 6.42 Å². The number of hydrogen-bond donors (Lipinski definition) is 1. The molecular formula is C15H20N2O5. The number of carbonyl (C=O) groups excluding carboxylic acids is 2. The second kappa shape index (κ2) is 7.53. The summed E-state index contributed by atoms with van der Waals surface area (Å²) in [6.45, 7) is 3.83. The largest absolute Gasteiger partial charge is 0.469 e. The molecule has 0 aromatic carbocycles. The monoisotopic (exact) mass is 308 g/mol. The van der Waals surface area contributed by atoms with Crippen LogP contribution in [-0.2, 0) is 9.47 Å². The van der Waals surface area contributed by atoms with E-state index >= 15 is 0 Å². The van der Waals surface area contributed by atoms with Crippen LogP contribution in [0, 0.1) is 0 Å². The van der Waals surface area contributed by atoms with Gasteiger partial charge in [-0.25, -0.2) is 20.0 Å². The van der Waals surface area contributed by atoms with Gasteiger partial charge in [-0.1, -0.05) is 12.2 Å². The van der Waals surface area contributed by atoms with Crippen LogP contribution >= 0.6 is 0 Å². The topological polar surface area (TPSA) is 81.0 Å². The van der Waals surface area contributed by atoms with E-state index in [2.05, 4.69) is 5.43 Å².